The molecule has 0 aromatic heterocycles. The molecule has 0 aromatic rings. The van der Waals surface area contributed by atoms with E-state index in [9.17, 15) is 4.79 Å². The zero-order chi connectivity index (χ0) is 15.3. The summed E-state index contributed by atoms with van der Waals surface area (Å²) in [5, 5.41) is 8.94. The SMILES string of the molecule is CCCCCCCCCC(OCCO)C1=CCCCC1=O. The highest BCUT2D eigenvalue weighted by Crippen LogP contribution is 2.23. The Balaban J connectivity index is 2.29. The molecule has 0 aromatic carbocycles. The first-order chi connectivity index (χ1) is 10.3. The fraction of sp³-hybridized carbons (Fsp3) is 0.833. The number of Topliss-reactive ketones (excluding diaryl/α,β-unsaturated/α-hetero) is 1. The number of unbranched alkanes of at least 4 members (excludes halogenated alkanes) is 6. The average Bonchev–Trinajstić information content (AvgIpc) is 2.50. The third-order valence-corrected chi connectivity index (χ3v) is 4.12. The molecule has 1 atom stereocenters. The number of rotatable bonds is 12. The van der Waals surface area contributed by atoms with Crippen molar-refractivity contribution in [3.05, 3.63) is 11.6 Å². The molecule has 0 fully saturated rings. The monoisotopic (exact) mass is 296 g/mol. The summed E-state index contributed by atoms with van der Waals surface area (Å²) >= 11 is 0. The van der Waals surface area contributed by atoms with Crippen LogP contribution in [0.4, 0.5) is 0 Å². The molecule has 0 amide bonds. The molecule has 3 heteroatoms. The number of hydrogen-bond acceptors (Lipinski definition) is 3. The van der Waals surface area contributed by atoms with Crippen LogP contribution in [0.15, 0.2) is 11.6 Å². The van der Waals surface area contributed by atoms with Crippen LogP contribution in [0.3, 0.4) is 0 Å². The summed E-state index contributed by atoms with van der Waals surface area (Å²) in [4.78, 5) is 12.0. The van der Waals surface area contributed by atoms with Gasteiger partial charge < -0.3 is 9.84 Å². The molecule has 1 rings (SSSR count). The van der Waals surface area contributed by atoms with Crippen LogP contribution in [-0.4, -0.2) is 30.2 Å². The normalized spacial score (nSPS) is 16.9. The van der Waals surface area contributed by atoms with Gasteiger partial charge in [0.2, 0.25) is 0 Å². The van der Waals surface area contributed by atoms with Crippen LogP contribution in [0, 0.1) is 0 Å². The summed E-state index contributed by atoms with van der Waals surface area (Å²) in [7, 11) is 0. The molecule has 0 saturated carbocycles. The lowest BCUT2D eigenvalue weighted by Crippen LogP contribution is -2.25. The molecule has 3 nitrogen and oxygen atoms in total. The van der Waals surface area contributed by atoms with E-state index in [1.165, 1.54) is 38.5 Å². The van der Waals surface area contributed by atoms with E-state index in [-0.39, 0.29) is 18.5 Å². The predicted molar refractivity (Wildman–Crippen MR) is 86.4 cm³/mol. The third kappa shape index (κ3) is 7.77. The number of carbonyl (C=O) groups excluding carboxylic acids is 1. The van der Waals surface area contributed by atoms with E-state index < -0.39 is 0 Å². The van der Waals surface area contributed by atoms with Crippen LogP contribution in [0.2, 0.25) is 0 Å². The number of ketones is 1. The maximum Gasteiger partial charge on any atom is 0.161 e. The summed E-state index contributed by atoms with van der Waals surface area (Å²) in [6.45, 7) is 2.58. The minimum absolute atomic E-state index is 0.0228. The molecule has 0 bridgehead atoms. The zero-order valence-electron chi connectivity index (χ0n) is 13.6. The van der Waals surface area contributed by atoms with Crippen molar-refractivity contribution < 1.29 is 14.6 Å². The van der Waals surface area contributed by atoms with Crippen LogP contribution < -0.4 is 0 Å². The minimum atomic E-state index is -0.0967. The van der Waals surface area contributed by atoms with Crippen molar-refractivity contribution in [1.82, 2.24) is 0 Å². The highest BCUT2D eigenvalue weighted by molar-refractivity contribution is 5.96. The van der Waals surface area contributed by atoms with Crippen LogP contribution in [0.25, 0.3) is 0 Å². The lowest BCUT2D eigenvalue weighted by Gasteiger charge is -2.22. The molecule has 1 unspecified atom stereocenters. The van der Waals surface area contributed by atoms with Crippen LogP contribution >= 0.6 is 0 Å². The van der Waals surface area contributed by atoms with Gasteiger partial charge in [-0.1, -0.05) is 57.9 Å². The molecule has 21 heavy (non-hydrogen) atoms. The first-order valence-corrected chi connectivity index (χ1v) is 8.75. The van der Waals surface area contributed by atoms with Gasteiger partial charge in [0.15, 0.2) is 5.78 Å². The predicted octanol–water partition coefficient (Wildman–Crippen LogP) is 4.18. The molecule has 1 N–H and O–H groups in total. The second-order valence-electron chi connectivity index (χ2n) is 5.97. The van der Waals surface area contributed by atoms with E-state index in [2.05, 4.69) is 13.0 Å². The molecule has 0 aliphatic heterocycles. The molecule has 0 heterocycles. The van der Waals surface area contributed by atoms with E-state index in [0.717, 1.165) is 31.3 Å². The third-order valence-electron chi connectivity index (χ3n) is 4.12. The number of ether oxygens (including phenoxy) is 1. The van der Waals surface area contributed by atoms with E-state index in [4.69, 9.17) is 9.84 Å². The van der Waals surface area contributed by atoms with Gasteiger partial charge in [0.25, 0.3) is 0 Å². The van der Waals surface area contributed by atoms with Gasteiger partial charge >= 0.3 is 0 Å². The van der Waals surface area contributed by atoms with Gasteiger partial charge in [-0.2, -0.15) is 0 Å². The maximum absolute atomic E-state index is 12.0. The van der Waals surface area contributed by atoms with Crippen molar-refractivity contribution in [2.24, 2.45) is 0 Å². The standard InChI is InChI=1S/C18H32O3/c1-2-3-4-5-6-7-8-13-18(21-15-14-19)16-11-9-10-12-17(16)20/h11,18-19H,2-10,12-15H2,1H3. The molecule has 1 aliphatic rings. The van der Waals surface area contributed by atoms with Gasteiger partial charge in [-0.15, -0.1) is 0 Å². The Morgan fingerprint density at radius 1 is 1.19 bits per heavy atom. The van der Waals surface area contributed by atoms with Gasteiger partial charge in [-0.3, -0.25) is 4.79 Å². The van der Waals surface area contributed by atoms with Crippen molar-refractivity contribution >= 4 is 5.78 Å². The number of hydrogen-bond donors (Lipinski definition) is 1. The Hall–Kier alpha value is -0.670. The van der Waals surface area contributed by atoms with Gasteiger partial charge in [-0.25, -0.2) is 0 Å². The number of aliphatic hydroxyl groups excluding tert-OH is 1. The molecule has 122 valence electrons. The lowest BCUT2D eigenvalue weighted by molar-refractivity contribution is -0.117. The van der Waals surface area contributed by atoms with Gasteiger partial charge in [0.1, 0.15) is 0 Å². The second-order valence-corrected chi connectivity index (χ2v) is 5.97. The topological polar surface area (TPSA) is 46.5 Å². The Kier molecular flexibility index (Phi) is 10.4. The second kappa shape index (κ2) is 11.9. The van der Waals surface area contributed by atoms with Crippen LogP contribution in [-0.2, 0) is 9.53 Å². The number of carbonyl (C=O) groups is 1. The zero-order valence-corrected chi connectivity index (χ0v) is 13.6. The smallest absolute Gasteiger partial charge is 0.161 e. The van der Waals surface area contributed by atoms with Gasteiger partial charge in [-0.05, 0) is 19.3 Å². The first kappa shape index (κ1) is 18.4. The molecule has 0 saturated heterocycles. The van der Waals surface area contributed by atoms with Crippen LogP contribution in [0.1, 0.15) is 77.6 Å². The quantitative estimate of drug-likeness (QED) is 0.549. The van der Waals surface area contributed by atoms with Gasteiger partial charge in [0.05, 0.1) is 19.3 Å². The Labute approximate surface area is 129 Å². The van der Waals surface area contributed by atoms with Crippen LogP contribution in [0.5, 0.6) is 0 Å². The highest BCUT2D eigenvalue weighted by atomic mass is 16.5. The molecule has 1 aliphatic carbocycles. The molecular formula is C18H32O3. The van der Waals surface area contributed by atoms with Crippen molar-refractivity contribution in [1.29, 1.82) is 0 Å². The minimum Gasteiger partial charge on any atom is -0.394 e. The summed E-state index contributed by atoms with van der Waals surface area (Å²) in [5.41, 5.74) is 0.862. The van der Waals surface area contributed by atoms with Crippen molar-refractivity contribution in [3.8, 4) is 0 Å². The van der Waals surface area contributed by atoms with E-state index in [1.807, 2.05) is 0 Å². The van der Waals surface area contributed by atoms with E-state index in [0.29, 0.717) is 13.0 Å². The first-order valence-electron chi connectivity index (χ1n) is 8.75. The maximum atomic E-state index is 12.0. The Morgan fingerprint density at radius 3 is 2.57 bits per heavy atom. The van der Waals surface area contributed by atoms with E-state index in [1.54, 1.807) is 0 Å². The van der Waals surface area contributed by atoms with Crippen molar-refractivity contribution in [3.63, 3.8) is 0 Å². The van der Waals surface area contributed by atoms with Gasteiger partial charge in [0, 0.05) is 12.0 Å². The Morgan fingerprint density at radius 2 is 1.90 bits per heavy atom. The fourth-order valence-electron chi connectivity index (χ4n) is 2.90. The van der Waals surface area contributed by atoms with Crippen molar-refractivity contribution in [2.45, 2.75) is 83.7 Å². The van der Waals surface area contributed by atoms with E-state index >= 15 is 0 Å². The number of allylic oxidation sites excluding steroid dienone is 1. The molecular weight excluding hydrogens is 264 g/mol. The number of aliphatic hydroxyl groups is 1. The highest BCUT2D eigenvalue weighted by Gasteiger charge is 2.23. The fourth-order valence-corrected chi connectivity index (χ4v) is 2.90. The average molecular weight is 296 g/mol. The lowest BCUT2D eigenvalue weighted by atomic mass is 9.91. The Bertz CT molecular complexity index is 310. The summed E-state index contributed by atoms with van der Waals surface area (Å²) in [6, 6.07) is 0. The molecule has 0 radical (unpaired) electrons. The largest absolute Gasteiger partial charge is 0.394 e. The summed E-state index contributed by atoms with van der Waals surface area (Å²) in [6.07, 6.45) is 14.3. The van der Waals surface area contributed by atoms with Crippen molar-refractivity contribution in [2.75, 3.05) is 13.2 Å². The molecule has 0 spiro atoms. The summed E-state index contributed by atoms with van der Waals surface area (Å²) in [5.74, 6) is 0.243. The summed E-state index contributed by atoms with van der Waals surface area (Å²) < 4.78 is 5.71.